The molecular weight excluding hydrogens is 503 g/mol. The smallest absolute Gasteiger partial charge is 0.394 e. The van der Waals surface area contributed by atoms with Crippen molar-refractivity contribution in [1.29, 1.82) is 5.41 Å². The van der Waals surface area contributed by atoms with Crippen molar-refractivity contribution in [2.45, 2.75) is 30.3 Å². The minimum atomic E-state index is -4.44. The zero-order valence-electron chi connectivity index (χ0n) is 18.7. The van der Waals surface area contributed by atoms with Gasteiger partial charge >= 0.3 is 6.18 Å². The van der Waals surface area contributed by atoms with Crippen LogP contribution in [-0.4, -0.2) is 43.1 Å². The molecule has 3 rings (SSSR count). The summed E-state index contributed by atoms with van der Waals surface area (Å²) in [5, 5.41) is 23.6. The van der Waals surface area contributed by atoms with Crippen molar-refractivity contribution < 1.29 is 27.9 Å². The quantitative estimate of drug-likeness (QED) is 0.102. The predicted molar refractivity (Wildman–Crippen MR) is 135 cm³/mol. The minimum absolute atomic E-state index is 0.0540. The number of primary amides is 1. The number of alkyl halides is 3. The van der Waals surface area contributed by atoms with Crippen LogP contribution in [0.4, 0.5) is 24.5 Å². The van der Waals surface area contributed by atoms with Gasteiger partial charge in [0.15, 0.2) is 0 Å². The molecule has 13 heteroatoms. The van der Waals surface area contributed by atoms with Crippen molar-refractivity contribution in [3.63, 3.8) is 0 Å². The number of nitrogens with one attached hydrogen (secondary N) is 2. The number of hydrogen-bond donors (Lipinski definition) is 6. The van der Waals surface area contributed by atoms with E-state index in [0.29, 0.717) is 15.5 Å². The summed E-state index contributed by atoms with van der Waals surface area (Å²) >= 11 is 5.55. The van der Waals surface area contributed by atoms with Crippen LogP contribution in [0.15, 0.2) is 56.9 Å². The molecule has 1 aliphatic carbocycles. The Morgan fingerprint density at radius 1 is 1.37 bits per heavy atom. The monoisotopic (exact) mass is 529 g/mol. The van der Waals surface area contributed by atoms with Gasteiger partial charge in [0.05, 0.1) is 16.0 Å². The number of allylic oxidation sites excluding steroid dienone is 1. The van der Waals surface area contributed by atoms with Gasteiger partial charge in [-0.05, 0) is 48.9 Å². The predicted octanol–water partition coefficient (Wildman–Crippen LogP) is 4.60. The molecule has 1 aromatic carbocycles. The Labute approximate surface area is 209 Å². The van der Waals surface area contributed by atoms with Gasteiger partial charge in [0, 0.05) is 23.2 Å². The van der Waals surface area contributed by atoms with Gasteiger partial charge in [-0.15, -0.1) is 24.0 Å². The van der Waals surface area contributed by atoms with Crippen LogP contribution in [0.1, 0.15) is 24.1 Å². The Balaban J connectivity index is 0.00000114. The largest absolute Gasteiger partial charge is 0.505 e. The van der Waals surface area contributed by atoms with Gasteiger partial charge in [-0.3, -0.25) is 10.2 Å². The van der Waals surface area contributed by atoms with Crippen LogP contribution in [0.2, 0.25) is 0 Å². The van der Waals surface area contributed by atoms with Crippen LogP contribution in [-0.2, 0) is 9.59 Å². The number of nitrogens with zero attached hydrogens (tertiary/aromatic N) is 1. The number of amides is 1. The van der Waals surface area contributed by atoms with Crippen LogP contribution in [0, 0.1) is 10.8 Å². The summed E-state index contributed by atoms with van der Waals surface area (Å²) in [6.45, 7) is 2.00. The first-order valence-corrected chi connectivity index (χ1v) is 11.2. The highest BCUT2D eigenvalue weighted by Gasteiger charge is 2.63. The summed E-state index contributed by atoms with van der Waals surface area (Å²) < 4.78 is 40.7. The normalized spacial score (nSPS) is 14.8. The van der Waals surface area contributed by atoms with Crippen LogP contribution in [0.3, 0.4) is 0 Å². The molecule has 1 amide bonds. The molecule has 190 valence electrons. The molecule has 0 bridgehead atoms. The van der Waals surface area contributed by atoms with Crippen molar-refractivity contribution in [2.24, 2.45) is 21.9 Å². The van der Waals surface area contributed by atoms with Crippen molar-refractivity contribution in [3.05, 3.63) is 51.9 Å². The Kier molecular flexibility index (Phi) is 11.0. The molecule has 0 radical (unpaired) electrons. The number of aliphatic hydroxyl groups excluding tert-OH is 1. The summed E-state index contributed by atoms with van der Waals surface area (Å²) in [6, 6.07) is 8.34. The lowest BCUT2D eigenvalue weighted by Gasteiger charge is -2.21. The van der Waals surface area contributed by atoms with Crippen molar-refractivity contribution in [3.8, 4) is 0 Å². The van der Waals surface area contributed by atoms with E-state index in [4.69, 9.17) is 20.7 Å². The number of carbonyl (C=O) groups is 2. The molecule has 0 saturated heterocycles. The molecule has 35 heavy (non-hydrogen) atoms. The zero-order chi connectivity index (χ0) is 26.8. The lowest BCUT2D eigenvalue weighted by molar-refractivity contribution is -0.186. The first kappa shape index (κ1) is 29.7. The Bertz CT molecular complexity index is 1080. The van der Waals surface area contributed by atoms with E-state index in [-0.39, 0.29) is 36.4 Å². The second-order valence-electron chi connectivity index (χ2n) is 7.22. The number of benzene rings is 1. The fourth-order valence-electron chi connectivity index (χ4n) is 3.00. The summed E-state index contributed by atoms with van der Waals surface area (Å²) in [7, 11) is 1.74. The highest BCUT2D eigenvalue weighted by Crippen LogP contribution is 2.61. The van der Waals surface area contributed by atoms with E-state index < -0.39 is 23.8 Å². The van der Waals surface area contributed by atoms with Gasteiger partial charge in [0.25, 0.3) is 0 Å². The van der Waals surface area contributed by atoms with Crippen LogP contribution < -0.4 is 16.8 Å². The first-order chi connectivity index (χ1) is 16.5. The third-order valence-corrected chi connectivity index (χ3v) is 6.32. The fourth-order valence-corrected chi connectivity index (χ4v) is 3.94. The molecule has 7 N–H and O–H groups in total. The topological polar surface area (TPSA) is 155 Å². The second-order valence-corrected chi connectivity index (χ2v) is 8.65. The van der Waals surface area contributed by atoms with Gasteiger partial charge in [0.1, 0.15) is 24.1 Å². The maximum Gasteiger partial charge on any atom is 0.394 e. The highest BCUT2D eigenvalue weighted by molar-refractivity contribution is 7.80. The minimum Gasteiger partial charge on any atom is -0.505 e. The lowest BCUT2D eigenvalue weighted by atomic mass is 9.93. The number of carbonyl (C=O) groups excluding carboxylic acids is 2. The van der Waals surface area contributed by atoms with Crippen molar-refractivity contribution >= 4 is 60.1 Å². The molecule has 1 heterocycles. The number of nitrogens with two attached hydrogens (primary N) is 2. The first-order valence-electron chi connectivity index (χ1n) is 9.91. The van der Waals surface area contributed by atoms with Gasteiger partial charge in [-0.25, -0.2) is 4.99 Å². The molecule has 0 atom stereocenters. The van der Waals surface area contributed by atoms with E-state index in [1.807, 2.05) is 6.79 Å². The molecule has 1 aliphatic rings. The maximum atomic E-state index is 13.6. The summed E-state index contributed by atoms with van der Waals surface area (Å²) in [5.74, 6) is -0.862. The van der Waals surface area contributed by atoms with Gasteiger partial charge < -0.3 is 26.7 Å². The summed E-state index contributed by atoms with van der Waals surface area (Å²) in [6.07, 6.45) is -4.84. The average molecular weight is 530 g/mol. The number of hydrogen-bond acceptors (Lipinski definition) is 8. The maximum absolute atomic E-state index is 13.6. The summed E-state index contributed by atoms with van der Waals surface area (Å²) in [4.78, 5) is 21.7. The highest BCUT2D eigenvalue weighted by atomic mass is 32.1. The van der Waals surface area contributed by atoms with E-state index in [0.717, 1.165) is 5.69 Å². The van der Waals surface area contributed by atoms with Gasteiger partial charge in [-0.2, -0.15) is 13.2 Å². The van der Waals surface area contributed by atoms with Crippen LogP contribution in [0.25, 0.3) is 0 Å². The van der Waals surface area contributed by atoms with E-state index in [1.165, 1.54) is 11.3 Å². The van der Waals surface area contributed by atoms with Gasteiger partial charge in [-0.1, -0.05) is 6.07 Å². The lowest BCUT2D eigenvalue weighted by Crippen LogP contribution is -2.29. The Hall–Kier alpha value is -3.32. The second kappa shape index (κ2) is 13.0. The number of anilines is 1. The van der Waals surface area contributed by atoms with Gasteiger partial charge in [0.2, 0.25) is 6.41 Å². The number of aliphatic hydroxyl groups is 1. The van der Waals surface area contributed by atoms with Crippen molar-refractivity contribution in [2.75, 3.05) is 12.4 Å². The standard InChI is InChI=1S/C20H21F3N4OS2.CH3NO.CH2O/c1-26-11-4-5-13(14(29)9-11)27-18(25)12(10-19(6-7-19)20(21,22)23)17(28)16(24)15-3-2-8-30-15;2-1-3;1-2/h2-5,8-9,24,26,28-29H,6-7,10H2,1H3,(H2,25,27);1H,(H2,2,3);1H2/b17-12-,24-16?;;. The van der Waals surface area contributed by atoms with Crippen LogP contribution >= 0.6 is 24.0 Å². The number of thiol groups is 1. The molecule has 1 aromatic heterocycles. The zero-order valence-corrected chi connectivity index (χ0v) is 20.4. The van der Waals surface area contributed by atoms with Crippen molar-refractivity contribution in [1.82, 2.24) is 0 Å². The van der Waals surface area contributed by atoms with Crippen LogP contribution in [0.5, 0.6) is 0 Å². The number of halogens is 3. The van der Waals surface area contributed by atoms with E-state index in [1.54, 1.807) is 42.8 Å². The SMILES string of the molecule is C=O.CNc1ccc(N=C(N)/C(CC2(C(F)(F)F)CC2)=C(\O)C(=N)c2cccs2)c(S)c1.NC=O. The molecule has 0 unspecified atom stereocenters. The van der Waals surface area contributed by atoms with E-state index in [9.17, 15) is 18.3 Å². The fraction of sp³-hybridized carbons (Fsp3) is 0.273. The third kappa shape index (κ3) is 7.59. The average Bonchev–Trinajstić information content (AvgIpc) is 3.43. The number of rotatable bonds is 7. The molecule has 1 saturated carbocycles. The number of amidine groups is 1. The molecular formula is C22H26F3N5O3S2. The summed E-state index contributed by atoms with van der Waals surface area (Å²) in [5.41, 5.74) is 8.95. The molecule has 2 aromatic rings. The molecule has 8 nitrogen and oxygen atoms in total. The Morgan fingerprint density at radius 3 is 2.40 bits per heavy atom. The molecule has 0 spiro atoms. The third-order valence-electron chi connectivity index (χ3n) is 5.07. The van der Waals surface area contributed by atoms with E-state index in [2.05, 4.69) is 28.7 Å². The number of aliphatic imine (C=N–C) groups is 1. The molecule has 0 aliphatic heterocycles. The molecule has 1 fully saturated rings. The van der Waals surface area contributed by atoms with E-state index >= 15 is 0 Å². The Morgan fingerprint density at radius 2 is 1.97 bits per heavy atom. The number of thiophene rings is 1.